The van der Waals surface area contributed by atoms with Gasteiger partial charge in [0.2, 0.25) is 10.0 Å². The molecule has 0 aliphatic carbocycles. The van der Waals surface area contributed by atoms with Gasteiger partial charge in [-0.25, -0.2) is 8.42 Å². The van der Waals surface area contributed by atoms with E-state index in [0.717, 1.165) is 0 Å². The Morgan fingerprint density at radius 3 is 2.67 bits per heavy atom. The van der Waals surface area contributed by atoms with Gasteiger partial charge in [0.15, 0.2) is 0 Å². The summed E-state index contributed by atoms with van der Waals surface area (Å²) in [6.45, 7) is 1.97. The Morgan fingerprint density at radius 2 is 2.05 bits per heavy atom. The van der Waals surface area contributed by atoms with E-state index in [-0.39, 0.29) is 10.6 Å². The maximum atomic E-state index is 12.8. The molecule has 1 N–H and O–H groups in total. The number of rotatable bonds is 4. The van der Waals surface area contributed by atoms with Crippen LogP contribution in [-0.2, 0) is 14.8 Å². The SMILES string of the molecule is COc1ccccc1S(=O)(=O)N1CCC[C@H](C(=O)O)[C@@H]1C. The van der Waals surface area contributed by atoms with Crippen molar-refractivity contribution in [3.05, 3.63) is 24.3 Å². The maximum absolute atomic E-state index is 12.8. The van der Waals surface area contributed by atoms with Gasteiger partial charge >= 0.3 is 5.97 Å². The molecule has 0 amide bonds. The second-order valence-electron chi connectivity index (χ2n) is 5.09. The first-order valence-electron chi connectivity index (χ1n) is 6.77. The number of methoxy groups -OCH3 is 1. The molecule has 7 heteroatoms. The number of ether oxygens (including phenoxy) is 1. The van der Waals surface area contributed by atoms with Crippen LogP contribution in [0.1, 0.15) is 19.8 Å². The monoisotopic (exact) mass is 313 g/mol. The van der Waals surface area contributed by atoms with Crippen molar-refractivity contribution >= 4 is 16.0 Å². The largest absolute Gasteiger partial charge is 0.495 e. The average molecular weight is 313 g/mol. The zero-order valence-electron chi connectivity index (χ0n) is 12.0. The Bertz CT molecular complexity index is 628. The highest BCUT2D eigenvalue weighted by Crippen LogP contribution is 2.32. The third kappa shape index (κ3) is 2.89. The van der Waals surface area contributed by atoms with Gasteiger partial charge in [-0.05, 0) is 31.9 Å². The molecule has 0 radical (unpaired) electrons. The van der Waals surface area contributed by atoms with E-state index >= 15 is 0 Å². The second kappa shape index (κ2) is 6.03. The molecule has 1 aromatic rings. The van der Waals surface area contributed by atoms with Gasteiger partial charge in [0, 0.05) is 12.6 Å². The van der Waals surface area contributed by atoms with Crippen LogP contribution in [0, 0.1) is 5.92 Å². The van der Waals surface area contributed by atoms with E-state index in [1.165, 1.54) is 17.5 Å². The maximum Gasteiger partial charge on any atom is 0.308 e. The lowest BCUT2D eigenvalue weighted by atomic mass is 9.92. The van der Waals surface area contributed by atoms with Gasteiger partial charge in [-0.3, -0.25) is 4.79 Å². The highest BCUT2D eigenvalue weighted by atomic mass is 32.2. The number of benzene rings is 1. The van der Waals surface area contributed by atoms with Crippen LogP contribution in [0.4, 0.5) is 0 Å². The third-order valence-corrected chi connectivity index (χ3v) is 5.93. The van der Waals surface area contributed by atoms with Crippen LogP contribution in [0.2, 0.25) is 0 Å². The lowest BCUT2D eigenvalue weighted by Crippen LogP contribution is -2.49. The summed E-state index contributed by atoms with van der Waals surface area (Å²) >= 11 is 0. The molecule has 1 aromatic carbocycles. The number of piperidine rings is 1. The topological polar surface area (TPSA) is 83.9 Å². The van der Waals surface area contributed by atoms with Gasteiger partial charge in [0.1, 0.15) is 10.6 Å². The van der Waals surface area contributed by atoms with E-state index < -0.39 is 28.0 Å². The molecule has 1 fully saturated rings. The van der Waals surface area contributed by atoms with Gasteiger partial charge in [-0.1, -0.05) is 12.1 Å². The van der Waals surface area contributed by atoms with Crippen LogP contribution in [0.25, 0.3) is 0 Å². The van der Waals surface area contributed by atoms with Crippen molar-refractivity contribution in [3.63, 3.8) is 0 Å². The van der Waals surface area contributed by atoms with Crippen molar-refractivity contribution in [2.24, 2.45) is 5.92 Å². The quantitative estimate of drug-likeness (QED) is 0.912. The summed E-state index contributed by atoms with van der Waals surface area (Å²) in [7, 11) is -2.36. The number of aliphatic carboxylic acids is 1. The zero-order valence-corrected chi connectivity index (χ0v) is 12.8. The van der Waals surface area contributed by atoms with Crippen molar-refractivity contribution in [2.45, 2.75) is 30.7 Å². The third-order valence-electron chi connectivity index (χ3n) is 3.90. The number of carboxylic acid groups (broad SMARTS) is 1. The molecule has 0 bridgehead atoms. The number of para-hydroxylation sites is 1. The highest BCUT2D eigenvalue weighted by Gasteiger charge is 2.40. The summed E-state index contributed by atoms with van der Waals surface area (Å²) in [4.78, 5) is 11.3. The molecule has 0 spiro atoms. The predicted octanol–water partition coefficient (Wildman–Crippen LogP) is 1.57. The van der Waals surface area contributed by atoms with Gasteiger partial charge in [-0.2, -0.15) is 4.31 Å². The molecule has 0 aromatic heterocycles. The fourth-order valence-electron chi connectivity index (χ4n) is 2.74. The van der Waals surface area contributed by atoms with Gasteiger partial charge in [0.05, 0.1) is 13.0 Å². The number of sulfonamides is 1. The molecular weight excluding hydrogens is 294 g/mol. The van der Waals surface area contributed by atoms with Crippen molar-refractivity contribution < 1.29 is 23.1 Å². The lowest BCUT2D eigenvalue weighted by molar-refractivity contribution is -0.144. The minimum absolute atomic E-state index is 0.0744. The van der Waals surface area contributed by atoms with E-state index in [2.05, 4.69) is 0 Å². The summed E-state index contributed by atoms with van der Waals surface area (Å²) < 4.78 is 32.0. The van der Waals surface area contributed by atoms with Crippen LogP contribution in [0.5, 0.6) is 5.75 Å². The standard InChI is InChI=1S/C14H19NO5S/c1-10-11(14(16)17)6-5-9-15(10)21(18,19)13-8-4-3-7-12(13)20-2/h3-4,7-8,10-11H,5-6,9H2,1-2H3,(H,16,17)/t10-,11-/m0/s1. The van der Waals surface area contributed by atoms with Crippen LogP contribution in [0.15, 0.2) is 29.2 Å². The first-order chi connectivity index (χ1) is 9.89. The number of hydrogen-bond donors (Lipinski definition) is 1. The Kier molecular flexibility index (Phi) is 4.53. The molecular formula is C14H19NO5S. The van der Waals surface area contributed by atoms with Gasteiger partial charge in [0.25, 0.3) is 0 Å². The van der Waals surface area contributed by atoms with Crippen molar-refractivity contribution in [2.75, 3.05) is 13.7 Å². The van der Waals surface area contributed by atoms with Crippen molar-refractivity contribution in [1.29, 1.82) is 0 Å². The molecule has 0 saturated carbocycles. The Labute approximate surface area is 124 Å². The number of carboxylic acids is 1. The molecule has 2 rings (SSSR count). The minimum atomic E-state index is -3.78. The summed E-state index contributed by atoms with van der Waals surface area (Å²) in [5.41, 5.74) is 0. The number of nitrogens with zero attached hydrogens (tertiary/aromatic N) is 1. The van der Waals surface area contributed by atoms with E-state index in [1.807, 2.05) is 0 Å². The molecule has 1 aliphatic heterocycles. The highest BCUT2D eigenvalue weighted by molar-refractivity contribution is 7.89. The lowest BCUT2D eigenvalue weighted by Gasteiger charge is -2.36. The fourth-order valence-corrected chi connectivity index (χ4v) is 4.60. The van der Waals surface area contributed by atoms with Crippen LogP contribution in [0.3, 0.4) is 0 Å². The molecule has 1 heterocycles. The molecule has 1 saturated heterocycles. The Hall–Kier alpha value is -1.60. The summed E-state index contributed by atoms with van der Waals surface area (Å²) in [5.74, 6) is -1.37. The first-order valence-corrected chi connectivity index (χ1v) is 8.21. The predicted molar refractivity (Wildman–Crippen MR) is 76.7 cm³/mol. The van der Waals surface area contributed by atoms with Gasteiger partial charge < -0.3 is 9.84 Å². The Balaban J connectivity index is 2.41. The smallest absolute Gasteiger partial charge is 0.308 e. The normalized spacial score (nSPS) is 23.7. The number of carbonyl (C=O) groups is 1. The summed E-state index contributed by atoms with van der Waals surface area (Å²) in [5, 5.41) is 9.22. The molecule has 0 unspecified atom stereocenters. The van der Waals surface area contributed by atoms with Crippen LogP contribution < -0.4 is 4.74 Å². The van der Waals surface area contributed by atoms with E-state index in [9.17, 15) is 18.3 Å². The molecule has 116 valence electrons. The van der Waals surface area contributed by atoms with E-state index in [0.29, 0.717) is 19.4 Å². The Morgan fingerprint density at radius 1 is 1.38 bits per heavy atom. The zero-order chi connectivity index (χ0) is 15.6. The van der Waals surface area contributed by atoms with E-state index in [4.69, 9.17) is 4.74 Å². The van der Waals surface area contributed by atoms with E-state index in [1.54, 1.807) is 25.1 Å². The van der Waals surface area contributed by atoms with Crippen molar-refractivity contribution in [1.82, 2.24) is 4.31 Å². The minimum Gasteiger partial charge on any atom is -0.495 e. The van der Waals surface area contributed by atoms with Gasteiger partial charge in [-0.15, -0.1) is 0 Å². The molecule has 2 atom stereocenters. The number of hydrogen-bond acceptors (Lipinski definition) is 4. The van der Waals surface area contributed by atoms with Crippen molar-refractivity contribution in [3.8, 4) is 5.75 Å². The fraction of sp³-hybridized carbons (Fsp3) is 0.500. The van der Waals surface area contributed by atoms with Crippen LogP contribution >= 0.6 is 0 Å². The second-order valence-corrected chi connectivity index (χ2v) is 6.95. The summed E-state index contributed by atoms with van der Waals surface area (Å²) in [6, 6.07) is 5.80. The summed E-state index contributed by atoms with van der Waals surface area (Å²) in [6.07, 6.45) is 1.03. The average Bonchev–Trinajstić information content (AvgIpc) is 2.46. The molecule has 21 heavy (non-hydrogen) atoms. The molecule has 6 nitrogen and oxygen atoms in total. The van der Waals surface area contributed by atoms with Crippen LogP contribution in [-0.4, -0.2) is 43.5 Å². The first kappa shape index (κ1) is 15.8. The molecule has 1 aliphatic rings.